The van der Waals surface area contributed by atoms with E-state index in [0.717, 1.165) is 5.56 Å². The molecular weight excluding hydrogens is 154 g/mol. The molecule has 1 aromatic rings. The van der Waals surface area contributed by atoms with Crippen molar-refractivity contribution in [3.63, 3.8) is 0 Å². The van der Waals surface area contributed by atoms with Gasteiger partial charge in [0.15, 0.2) is 0 Å². The van der Waals surface area contributed by atoms with Gasteiger partial charge in [-0.1, -0.05) is 18.2 Å². The van der Waals surface area contributed by atoms with Gasteiger partial charge < -0.3 is 4.74 Å². The molecule has 12 heavy (non-hydrogen) atoms. The lowest BCUT2D eigenvalue weighted by molar-refractivity contribution is 0.211. The van der Waals surface area contributed by atoms with Crippen LogP contribution in [0.3, 0.4) is 0 Å². The van der Waals surface area contributed by atoms with Crippen molar-refractivity contribution in [1.82, 2.24) is 0 Å². The predicted octanol–water partition coefficient (Wildman–Crippen LogP) is 1.81. The minimum absolute atomic E-state index is 0.542. The predicted molar refractivity (Wildman–Crippen MR) is 44.7 cm³/mol. The van der Waals surface area contributed by atoms with E-state index >= 15 is 0 Å². The smallest absolute Gasteiger partial charge is 0.408 e. The van der Waals surface area contributed by atoms with Gasteiger partial charge >= 0.3 is 6.09 Å². The molecule has 0 bridgehead atoms. The minimum atomic E-state index is -0.542. The first-order valence-electron chi connectivity index (χ1n) is 3.68. The second-order valence-electron chi connectivity index (χ2n) is 2.49. The van der Waals surface area contributed by atoms with Crippen LogP contribution in [0.15, 0.2) is 29.3 Å². The highest BCUT2D eigenvalue weighted by Gasteiger charge is 2.09. The van der Waals surface area contributed by atoms with E-state index in [4.69, 9.17) is 4.74 Å². The highest BCUT2D eigenvalue weighted by Crippen LogP contribution is 2.19. The van der Waals surface area contributed by atoms with Crippen LogP contribution in [0.2, 0.25) is 0 Å². The molecule has 0 saturated heterocycles. The Balaban J connectivity index is 2.44. The molecule has 0 spiro atoms. The summed E-state index contributed by atoms with van der Waals surface area (Å²) >= 11 is 0. The van der Waals surface area contributed by atoms with Crippen LogP contribution < -0.4 is 4.74 Å². The van der Waals surface area contributed by atoms with Gasteiger partial charge in [0, 0.05) is 18.2 Å². The summed E-state index contributed by atoms with van der Waals surface area (Å²) in [4.78, 5) is 14.4. The van der Waals surface area contributed by atoms with Crippen molar-refractivity contribution in [1.29, 1.82) is 0 Å². The summed E-state index contributed by atoms with van der Waals surface area (Å²) in [7, 11) is 0. The average molecular weight is 161 g/mol. The van der Waals surface area contributed by atoms with Gasteiger partial charge in [-0.05, 0) is 6.07 Å². The van der Waals surface area contributed by atoms with E-state index < -0.39 is 6.09 Å². The molecule has 3 heteroatoms. The van der Waals surface area contributed by atoms with Gasteiger partial charge in [0.05, 0.1) is 0 Å². The average Bonchev–Trinajstić information content (AvgIpc) is 2.25. The third-order valence-corrected chi connectivity index (χ3v) is 1.68. The van der Waals surface area contributed by atoms with Gasteiger partial charge in [-0.2, -0.15) is 4.99 Å². The van der Waals surface area contributed by atoms with Crippen LogP contribution in [0.4, 0.5) is 4.79 Å². The monoisotopic (exact) mass is 161 g/mol. The lowest BCUT2D eigenvalue weighted by atomic mass is 10.1. The van der Waals surface area contributed by atoms with E-state index in [1.807, 2.05) is 18.2 Å². The lowest BCUT2D eigenvalue weighted by Crippen LogP contribution is -2.00. The summed E-state index contributed by atoms with van der Waals surface area (Å²) in [5, 5.41) is 0. The largest absolute Gasteiger partial charge is 0.438 e. The third-order valence-electron chi connectivity index (χ3n) is 1.68. The van der Waals surface area contributed by atoms with E-state index in [-0.39, 0.29) is 0 Å². The summed E-state index contributed by atoms with van der Waals surface area (Å²) in [6.07, 6.45) is 1.68. The van der Waals surface area contributed by atoms with E-state index in [1.54, 1.807) is 12.3 Å². The molecule has 0 N–H and O–H groups in total. The number of amides is 1. The van der Waals surface area contributed by atoms with Gasteiger partial charge in [-0.15, -0.1) is 0 Å². The first-order valence-corrected chi connectivity index (χ1v) is 3.68. The molecule has 60 valence electrons. The van der Waals surface area contributed by atoms with Gasteiger partial charge in [0.25, 0.3) is 0 Å². The number of aliphatic imine (C=N–C) groups is 1. The Labute approximate surface area is 69.7 Å². The Bertz CT molecular complexity index is 344. The summed E-state index contributed by atoms with van der Waals surface area (Å²) in [5.41, 5.74) is 0.993. The summed E-state index contributed by atoms with van der Waals surface area (Å²) < 4.78 is 4.92. The Morgan fingerprint density at radius 3 is 3.08 bits per heavy atom. The zero-order valence-corrected chi connectivity index (χ0v) is 6.36. The summed E-state index contributed by atoms with van der Waals surface area (Å²) in [5.74, 6) is 0.611. The van der Waals surface area contributed by atoms with Gasteiger partial charge in [-0.3, -0.25) is 0 Å². The highest BCUT2D eigenvalue weighted by molar-refractivity contribution is 5.84. The standard InChI is InChI=1S/C9H7NO2/c11-9-10-6-5-7-3-1-2-4-8(7)12-9/h1-4,6H,5H2. The number of hydrogen-bond acceptors (Lipinski definition) is 2. The lowest BCUT2D eigenvalue weighted by Gasteiger charge is -2.01. The Morgan fingerprint density at radius 2 is 2.17 bits per heavy atom. The molecule has 0 aromatic heterocycles. The number of carbonyl (C=O) groups excluding carboxylic acids is 1. The molecule has 0 atom stereocenters. The van der Waals surface area contributed by atoms with Crippen LogP contribution in [-0.2, 0) is 6.42 Å². The van der Waals surface area contributed by atoms with Crippen molar-refractivity contribution in [2.75, 3.05) is 0 Å². The maximum absolute atomic E-state index is 10.8. The van der Waals surface area contributed by atoms with Gasteiger partial charge in [0.1, 0.15) is 5.75 Å². The summed E-state index contributed by atoms with van der Waals surface area (Å²) in [6.45, 7) is 0. The maximum atomic E-state index is 10.8. The number of rotatable bonds is 0. The number of carbonyl (C=O) groups is 1. The van der Waals surface area contributed by atoms with Crippen molar-refractivity contribution in [2.24, 2.45) is 4.99 Å². The van der Waals surface area contributed by atoms with Crippen molar-refractivity contribution in [3.8, 4) is 5.75 Å². The Kier molecular flexibility index (Phi) is 1.63. The van der Waals surface area contributed by atoms with Crippen LogP contribution in [0.1, 0.15) is 5.56 Å². The molecule has 1 aliphatic rings. The Morgan fingerprint density at radius 1 is 1.33 bits per heavy atom. The zero-order valence-electron chi connectivity index (χ0n) is 6.36. The van der Waals surface area contributed by atoms with Crippen LogP contribution in [0, 0.1) is 0 Å². The molecule has 0 fully saturated rings. The molecule has 1 aliphatic heterocycles. The number of ether oxygens (including phenoxy) is 1. The fourth-order valence-electron chi connectivity index (χ4n) is 1.11. The molecule has 2 rings (SSSR count). The molecule has 3 nitrogen and oxygen atoms in total. The van der Waals surface area contributed by atoms with Crippen molar-refractivity contribution < 1.29 is 9.53 Å². The molecule has 0 saturated carbocycles. The normalized spacial score (nSPS) is 14.8. The van der Waals surface area contributed by atoms with E-state index in [9.17, 15) is 4.79 Å². The van der Waals surface area contributed by atoms with Crippen molar-refractivity contribution in [2.45, 2.75) is 6.42 Å². The number of para-hydroxylation sites is 1. The topological polar surface area (TPSA) is 38.7 Å². The number of benzene rings is 1. The molecule has 1 amide bonds. The fourth-order valence-corrected chi connectivity index (χ4v) is 1.11. The van der Waals surface area contributed by atoms with Crippen LogP contribution in [0.25, 0.3) is 0 Å². The van der Waals surface area contributed by atoms with Crippen LogP contribution in [0.5, 0.6) is 5.75 Å². The van der Waals surface area contributed by atoms with Crippen LogP contribution >= 0.6 is 0 Å². The van der Waals surface area contributed by atoms with E-state index in [0.29, 0.717) is 12.2 Å². The highest BCUT2D eigenvalue weighted by atomic mass is 16.5. The third kappa shape index (κ3) is 1.21. The molecule has 0 unspecified atom stereocenters. The van der Waals surface area contributed by atoms with Crippen molar-refractivity contribution >= 4 is 12.3 Å². The van der Waals surface area contributed by atoms with Crippen molar-refractivity contribution in [3.05, 3.63) is 29.8 Å². The summed E-state index contributed by atoms with van der Waals surface area (Å²) in [6, 6.07) is 7.42. The number of hydrogen-bond donors (Lipinski definition) is 0. The van der Waals surface area contributed by atoms with Gasteiger partial charge in [-0.25, -0.2) is 4.79 Å². The van der Waals surface area contributed by atoms with Gasteiger partial charge in [0.2, 0.25) is 0 Å². The molecule has 0 aliphatic carbocycles. The number of fused-ring (bicyclic) bond motifs is 1. The molecular formula is C9H7NO2. The second-order valence-corrected chi connectivity index (χ2v) is 2.49. The Hall–Kier alpha value is -1.64. The molecule has 0 radical (unpaired) electrons. The first-order chi connectivity index (χ1) is 5.86. The first kappa shape index (κ1) is 7.03. The maximum Gasteiger partial charge on any atom is 0.438 e. The SMILES string of the molecule is O=C1N=CCc2ccccc2O1. The number of nitrogens with zero attached hydrogens (tertiary/aromatic N) is 1. The van der Waals surface area contributed by atoms with E-state index in [1.165, 1.54) is 0 Å². The van der Waals surface area contributed by atoms with E-state index in [2.05, 4.69) is 4.99 Å². The molecule has 1 aromatic carbocycles. The molecule has 1 heterocycles. The second kappa shape index (κ2) is 2.77. The van der Waals surface area contributed by atoms with Crippen LogP contribution in [-0.4, -0.2) is 12.3 Å². The minimum Gasteiger partial charge on any atom is -0.408 e. The fraction of sp³-hybridized carbons (Fsp3) is 0.111. The zero-order chi connectivity index (χ0) is 8.39. The quantitative estimate of drug-likeness (QED) is 0.582.